The number of aromatic nitrogens is 5. The van der Waals surface area contributed by atoms with Gasteiger partial charge in [-0.1, -0.05) is 36.4 Å². The maximum absolute atomic E-state index is 11.9. The first-order valence-electron chi connectivity index (χ1n) is 13.2. The van der Waals surface area contributed by atoms with Gasteiger partial charge in [0.1, 0.15) is 5.75 Å². The number of aryl methyl sites for hydroxylation is 1. The van der Waals surface area contributed by atoms with Gasteiger partial charge in [-0.3, -0.25) is 14.8 Å². The summed E-state index contributed by atoms with van der Waals surface area (Å²) >= 11 is 0. The Labute approximate surface area is 227 Å². The maximum atomic E-state index is 11.9. The van der Waals surface area contributed by atoms with Crippen LogP contribution in [0.3, 0.4) is 0 Å². The number of ether oxygens (including phenoxy) is 2. The fourth-order valence-electron chi connectivity index (χ4n) is 4.35. The SMILES string of the molecule is CCOC(=O)CCCn1nc(-c2ccc3nccnc3c2)nc1-c1ccc(-c2ccc(OC(C)C)cc2)cc1. The first-order valence-corrected chi connectivity index (χ1v) is 13.2. The van der Waals surface area contributed by atoms with E-state index in [1.165, 1.54) is 0 Å². The van der Waals surface area contributed by atoms with Crippen molar-refractivity contribution in [3.05, 3.63) is 79.1 Å². The molecule has 198 valence electrons. The highest BCUT2D eigenvalue weighted by Crippen LogP contribution is 2.28. The lowest BCUT2D eigenvalue weighted by molar-refractivity contribution is -0.143. The third kappa shape index (κ3) is 6.29. The number of esters is 1. The van der Waals surface area contributed by atoms with Gasteiger partial charge in [0.15, 0.2) is 11.6 Å². The van der Waals surface area contributed by atoms with Gasteiger partial charge in [-0.25, -0.2) is 9.67 Å². The van der Waals surface area contributed by atoms with Crippen molar-refractivity contribution in [2.75, 3.05) is 6.61 Å². The first-order chi connectivity index (χ1) is 19.0. The third-order valence-electron chi connectivity index (χ3n) is 6.16. The molecule has 0 radical (unpaired) electrons. The van der Waals surface area contributed by atoms with Crippen molar-refractivity contribution in [3.63, 3.8) is 0 Å². The summed E-state index contributed by atoms with van der Waals surface area (Å²) in [6.07, 6.45) is 4.40. The Balaban J connectivity index is 1.43. The van der Waals surface area contributed by atoms with Crippen LogP contribution in [-0.2, 0) is 16.1 Å². The number of rotatable bonds is 10. The highest BCUT2D eigenvalue weighted by molar-refractivity contribution is 5.80. The molecule has 0 saturated carbocycles. The van der Waals surface area contributed by atoms with Gasteiger partial charge in [0, 0.05) is 36.5 Å². The lowest BCUT2D eigenvalue weighted by atomic mass is 10.0. The molecule has 0 unspecified atom stereocenters. The Morgan fingerprint density at radius 1 is 0.846 bits per heavy atom. The van der Waals surface area contributed by atoms with E-state index in [1.54, 1.807) is 12.4 Å². The molecule has 8 nitrogen and oxygen atoms in total. The van der Waals surface area contributed by atoms with E-state index in [-0.39, 0.29) is 12.1 Å². The molecule has 0 aliphatic carbocycles. The van der Waals surface area contributed by atoms with E-state index < -0.39 is 0 Å². The summed E-state index contributed by atoms with van der Waals surface area (Å²) in [6.45, 7) is 6.75. The van der Waals surface area contributed by atoms with Crippen LogP contribution < -0.4 is 4.74 Å². The maximum Gasteiger partial charge on any atom is 0.305 e. The Kier molecular flexibility index (Phi) is 7.91. The molecule has 0 fully saturated rings. The van der Waals surface area contributed by atoms with Crippen LogP contribution in [0.1, 0.15) is 33.6 Å². The summed E-state index contributed by atoms with van der Waals surface area (Å²) in [7, 11) is 0. The second kappa shape index (κ2) is 11.9. The molecular formula is C31H31N5O3. The van der Waals surface area contributed by atoms with Crippen molar-refractivity contribution >= 4 is 17.0 Å². The molecule has 39 heavy (non-hydrogen) atoms. The molecule has 0 atom stereocenters. The minimum Gasteiger partial charge on any atom is -0.491 e. The van der Waals surface area contributed by atoms with Crippen LogP contribution in [0, 0.1) is 0 Å². The highest BCUT2D eigenvalue weighted by atomic mass is 16.5. The number of nitrogens with zero attached hydrogens (tertiary/aromatic N) is 5. The van der Waals surface area contributed by atoms with Crippen molar-refractivity contribution in [2.45, 2.75) is 46.3 Å². The Bertz CT molecular complexity index is 1560. The van der Waals surface area contributed by atoms with Crippen LogP contribution in [0.15, 0.2) is 79.1 Å². The first kappa shape index (κ1) is 26.0. The molecule has 0 aliphatic rings. The van der Waals surface area contributed by atoms with Gasteiger partial charge in [-0.2, -0.15) is 5.10 Å². The van der Waals surface area contributed by atoms with Gasteiger partial charge in [0.2, 0.25) is 0 Å². The molecule has 0 aliphatic heterocycles. The normalized spacial score (nSPS) is 11.2. The molecule has 3 aromatic carbocycles. The zero-order valence-electron chi connectivity index (χ0n) is 22.4. The van der Waals surface area contributed by atoms with Gasteiger partial charge >= 0.3 is 5.97 Å². The topological polar surface area (TPSA) is 92.0 Å². The largest absolute Gasteiger partial charge is 0.491 e. The molecule has 8 heteroatoms. The molecule has 0 saturated heterocycles. The molecule has 0 N–H and O–H groups in total. The lowest BCUT2D eigenvalue weighted by Gasteiger charge is -2.10. The van der Waals surface area contributed by atoms with E-state index in [1.807, 2.05) is 55.8 Å². The zero-order valence-corrected chi connectivity index (χ0v) is 22.4. The van der Waals surface area contributed by atoms with Crippen molar-refractivity contribution in [2.24, 2.45) is 0 Å². The average Bonchev–Trinajstić information content (AvgIpc) is 3.37. The molecular weight excluding hydrogens is 490 g/mol. The number of fused-ring (bicyclic) bond motifs is 1. The van der Waals surface area contributed by atoms with Crippen LogP contribution in [0.25, 0.3) is 44.9 Å². The van der Waals surface area contributed by atoms with Gasteiger partial charge in [-0.15, -0.1) is 0 Å². The van der Waals surface area contributed by atoms with Crippen LogP contribution in [0.4, 0.5) is 0 Å². The summed E-state index contributed by atoms with van der Waals surface area (Å²) in [4.78, 5) is 25.6. The van der Waals surface area contributed by atoms with E-state index in [0.29, 0.717) is 31.8 Å². The van der Waals surface area contributed by atoms with Crippen LogP contribution in [0.5, 0.6) is 5.75 Å². The van der Waals surface area contributed by atoms with Gasteiger partial charge < -0.3 is 9.47 Å². The molecule has 5 aromatic rings. The number of carbonyl (C=O) groups is 1. The quantitative estimate of drug-likeness (QED) is 0.198. The summed E-state index contributed by atoms with van der Waals surface area (Å²) in [5, 5.41) is 4.81. The van der Waals surface area contributed by atoms with Crippen LogP contribution in [-0.4, -0.2) is 43.4 Å². The van der Waals surface area contributed by atoms with Crippen LogP contribution in [0.2, 0.25) is 0 Å². The fourth-order valence-corrected chi connectivity index (χ4v) is 4.35. The second-order valence-corrected chi connectivity index (χ2v) is 9.42. The Morgan fingerprint density at radius 3 is 2.18 bits per heavy atom. The Morgan fingerprint density at radius 2 is 1.49 bits per heavy atom. The number of benzene rings is 3. The molecule has 0 bridgehead atoms. The molecule has 5 rings (SSSR count). The zero-order chi connectivity index (χ0) is 27.2. The van der Waals surface area contributed by atoms with E-state index >= 15 is 0 Å². The monoisotopic (exact) mass is 521 g/mol. The van der Waals surface area contributed by atoms with E-state index in [4.69, 9.17) is 19.6 Å². The summed E-state index contributed by atoms with van der Waals surface area (Å²) in [5.41, 5.74) is 5.59. The van der Waals surface area contributed by atoms with Crippen molar-refractivity contribution < 1.29 is 14.3 Å². The standard InChI is InChI=1S/C31H31N5O3/c1-4-38-29(37)6-5-19-36-31(34-30(35-36)25-13-16-27-28(20-25)33-18-17-32-27)24-9-7-22(8-10-24)23-11-14-26(15-12-23)39-21(2)3/h7-18,20-21H,4-6,19H2,1-3H3. The minimum atomic E-state index is -0.207. The number of carbonyl (C=O) groups excluding carboxylic acids is 1. The summed E-state index contributed by atoms with van der Waals surface area (Å²) in [6, 6.07) is 22.2. The fraction of sp³-hybridized carbons (Fsp3) is 0.258. The highest BCUT2D eigenvalue weighted by Gasteiger charge is 2.15. The predicted molar refractivity (Wildman–Crippen MR) is 151 cm³/mol. The number of hydrogen-bond donors (Lipinski definition) is 0. The van der Waals surface area contributed by atoms with Crippen molar-refractivity contribution in [1.82, 2.24) is 24.7 Å². The molecule has 2 heterocycles. The van der Waals surface area contributed by atoms with Gasteiger partial charge in [0.25, 0.3) is 0 Å². The minimum absolute atomic E-state index is 0.136. The Hall–Kier alpha value is -4.59. The van der Waals surface area contributed by atoms with Crippen molar-refractivity contribution in [3.8, 4) is 39.7 Å². The van der Waals surface area contributed by atoms with Crippen LogP contribution >= 0.6 is 0 Å². The van der Waals surface area contributed by atoms with E-state index in [9.17, 15) is 4.79 Å². The van der Waals surface area contributed by atoms with Gasteiger partial charge in [0.05, 0.1) is 23.7 Å². The summed E-state index contributed by atoms with van der Waals surface area (Å²) in [5.74, 6) is 1.98. The third-order valence-corrected chi connectivity index (χ3v) is 6.16. The molecule has 0 spiro atoms. The van der Waals surface area contributed by atoms with E-state index in [2.05, 4.69) is 46.4 Å². The molecule has 0 amide bonds. The molecule has 2 aromatic heterocycles. The lowest BCUT2D eigenvalue weighted by Crippen LogP contribution is -2.08. The predicted octanol–water partition coefficient (Wildman–Crippen LogP) is 6.35. The van der Waals surface area contributed by atoms with Gasteiger partial charge in [-0.05, 0) is 68.7 Å². The smallest absolute Gasteiger partial charge is 0.305 e. The van der Waals surface area contributed by atoms with E-state index in [0.717, 1.165) is 44.9 Å². The average molecular weight is 522 g/mol. The number of hydrogen-bond acceptors (Lipinski definition) is 7. The second-order valence-electron chi connectivity index (χ2n) is 9.42. The van der Waals surface area contributed by atoms with Crippen molar-refractivity contribution in [1.29, 1.82) is 0 Å². The summed E-state index contributed by atoms with van der Waals surface area (Å²) < 4.78 is 12.7.